The number of nitrogens with zero attached hydrogens (tertiary/aromatic N) is 2. The molecule has 4 unspecified atom stereocenters. The molecular weight excluding hydrogens is 881 g/mol. The van der Waals surface area contributed by atoms with Crippen molar-refractivity contribution in [2.24, 2.45) is 22.4 Å². The number of esters is 2. The largest absolute Gasteiger partial charge is 0.462 e. The Balaban J connectivity index is 2.53. The van der Waals surface area contributed by atoms with Crippen molar-refractivity contribution in [3.8, 4) is 0 Å². The highest BCUT2D eigenvalue weighted by atomic mass is 32.2. The fraction of sp³-hybridized carbons (Fsp3) is 0.857. The summed E-state index contributed by atoms with van der Waals surface area (Å²) in [6, 6.07) is -0.997. The average Bonchev–Trinajstić information content (AvgIpc) is 3.57. The minimum atomic E-state index is -1.17. The summed E-state index contributed by atoms with van der Waals surface area (Å²) in [5.41, 5.74) is 17.6. The molecule has 0 spiro atoms. The van der Waals surface area contributed by atoms with Gasteiger partial charge in [0, 0.05) is 43.7 Å². The molecule has 17 heteroatoms. The van der Waals surface area contributed by atoms with Crippen molar-refractivity contribution in [3.05, 3.63) is 0 Å². The van der Waals surface area contributed by atoms with Crippen molar-refractivity contribution in [1.82, 2.24) is 10.2 Å². The van der Waals surface area contributed by atoms with Gasteiger partial charge in [-0.05, 0) is 12.8 Å². The minimum Gasteiger partial charge on any atom is -0.462 e. The number of imide groups is 1. The fourth-order valence-corrected chi connectivity index (χ4v) is 9.77. The summed E-state index contributed by atoms with van der Waals surface area (Å²) in [6.45, 7) is 4.28. The van der Waals surface area contributed by atoms with Gasteiger partial charge < -0.3 is 31.1 Å². The molecule has 1 saturated heterocycles. The number of rotatable bonds is 46. The summed E-state index contributed by atoms with van der Waals surface area (Å²) < 4.78 is 11.4. The molecule has 0 radical (unpaired) electrons. The highest BCUT2D eigenvalue weighted by molar-refractivity contribution is 8.02. The molecule has 1 heterocycles. The van der Waals surface area contributed by atoms with Gasteiger partial charge in [-0.3, -0.25) is 39.4 Å². The number of ketones is 1. The Kier molecular flexibility index (Phi) is 39.4. The van der Waals surface area contributed by atoms with E-state index in [1.165, 1.54) is 146 Å². The van der Waals surface area contributed by atoms with Gasteiger partial charge in [0.25, 0.3) is 0 Å². The molecular formula is C49H90N6O9S2. The monoisotopic (exact) mass is 971 g/mol. The maximum Gasteiger partial charge on any atom is 0.306 e. The molecule has 1 fully saturated rings. The van der Waals surface area contributed by atoms with E-state index in [4.69, 9.17) is 26.7 Å². The van der Waals surface area contributed by atoms with E-state index in [1.807, 2.05) is 0 Å². The second kappa shape index (κ2) is 42.4. The van der Waals surface area contributed by atoms with Crippen molar-refractivity contribution < 1.29 is 43.1 Å². The molecule has 1 aliphatic heterocycles. The third-order valence-corrected chi connectivity index (χ3v) is 14.1. The van der Waals surface area contributed by atoms with Crippen molar-refractivity contribution >= 4 is 65.2 Å². The van der Waals surface area contributed by atoms with Crippen molar-refractivity contribution in [1.29, 1.82) is 0 Å². The van der Waals surface area contributed by atoms with Crippen LogP contribution in [0.1, 0.15) is 206 Å². The highest BCUT2D eigenvalue weighted by Gasteiger charge is 2.41. The van der Waals surface area contributed by atoms with Gasteiger partial charge in [0.1, 0.15) is 18.1 Å². The molecule has 7 N–H and O–H groups in total. The van der Waals surface area contributed by atoms with Crippen LogP contribution in [0, 0.1) is 0 Å². The van der Waals surface area contributed by atoms with Crippen LogP contribution in [-0.2, 0) is 43.1 Å². The number of ether oxygens (including phenoxy) is 2. The summed E-state index contributed by atoms with van der Waals surface area (Å²) in [7, 11) is 0. The lowest BCUT2D eigenvalue weighted by Crippen LogP contribution is -2.44. The Labute approximate surface area is 406 Å². The first-order valence-corrected chi connectivity index (χ1v) is 27.7. The predicted molar refractivity (Wildman–Crippen MR) is 269 cm³/mol. The number of nitrogens with one attached hydrogen (secondary N) is 1. The maximum atomic E-state index is 13.2. The van der Waals surface area contributed by atoms with E-state index in [9.17, 15) is 28.8 Å². The number of amides is 3. The van der Waals surface area contributed by atoms with Crippen LogP contribution in [0.15, 0.2) is 5.16 Å². The Morgan fingerprint density at radius 1 is 0.712 bits per heavy atom. The molecule has 382 valence electrons. The average molecular weight is 971 g/mol. The van der Waals surface area contributed by atoms with E-state index in [0.717, 1.165) is 55.2 Å². The first kappa shape index (κ1) is 61.3. The van der Waals surface area contributed by atoms with Crippen molar-refractivity contribution in [3.63, 3.8) is 0 Å². The lowest BCUT2D eigenvalue weighted by Gasteiger charge is -2.20. The van der Waals surface area contributed by atoms with Gasteiger partial charge in [-0.25, -0.2) is 0 Å². The van der Waals surface area contributed by atoms with E-state index in [1.54, 1.807) is 0 Å². The van der Waals surface area contributed by atoms with Gasteiger partial charge in [0.05, 0.1) is 24.1 Å². The number of thioether (sulfide) groups is 2. The standard InChI is InChI=1S/C49H90N6O9S2/c1-3-5-7-9-11-13-15-17-19-21-23-25-27-29-45(58)62-36-40(64-46(59)30-28-26-24-22-20-18-16-14-12-10-8-6-4-2)37-65-38-41(51)47(60)48(52)66-42-35-44(57)55(49(42)61)34-31-43(56)53-32-33-54-63-39-50/h33,40-42,48H,3-32,34-39,50-52H2,1-2H3,(H,53,56). The topological polar surface area (TPSA) is 236 Å². The molecule has 0 aromatic rings. The molecule has 1 rings (SSSR count). The van der Waals surface area contributed by atoms with Crippen LogP contribution in [0.3, 0.4) is 0 Å². The number of likely N-dealkylation sites (tertiary alicyclic amines) is 1. The SMILES string of the molecule is CCCCCCCCCCCCCCCC(=O)OCC(CSCC(N)C(=O)C(N)SC1CC(=O)N(CCC(=O)NCC=NOCN)C1=O)OC(=O)CCCCCCCCCCCCCCC. The zero-order valence-electron chi connectivity index (χ0n) is 41.0. The van der Waals surface area contributed by atoms with Crippen LogP contribution in [0.4, 0.5) is 0 Å². The summed E-state index contributed by atoms with van der Waals surface area (Å²) >= 11 is 2.16. The van der Waals surface area contributed by atoms with E-state index in [-0.39, 0.29) is 69.1 Å². The molecule has 1 aliphatic rings. The molecule has 3 amide bonds. The molecule has 0 aromatic carbocycles. The number of unbranched alkanes of at least 4 members (excludes halogenated alkanes) is 24. The second-order valence-corrected chi connectivity index (χ2v) is 20.0. The number of nitrogens with two attached hydrogens (primary N) is 3. The normalized spacial score (nSPS) is 15.3. The zero-order chi connectivity index (χ0) is 48.5. The summed E-state index contributed by atoms with van der Waals surface area (Å²) in [5, 5.41) is 4.04. The Morgan fingerprint density at radius 2 is 1.20 bits per heavy atom. The van der Waals surface area contributed by atoms with E-state index in [0.29, 0.717) is 6.42 Å². The summed E-state index contributed by atoms with van der Waals surface area (Å²) in [5.74, 6) is -2.13. The van der Waals surface area contributed by atoms with Crippen LogP contribution in [0.25, 0.3) is 0 Å². The number of carbonyl (C=O) groups is 6. The Morgan fingerprint density at radius 3 is 1.70 bits per heavy atom. The molecule has 66 heavy (non-hydrogen) atoms. The molecule has 4 atom stereocenters. The molecule has 0 saturated carbocycles. The fourth-order valence-electron chi connectivity index (χ4n) is 7.65. The zero-order valence-corrected chi connectivity index (χ0v) is 42.6. The smallest absolute Gasteiger partial charge is 0.306 e. The third kappa shape index (κ3) is 32.9. The Bertz CT molecular complexity index is 1350. The predicted octanol–water partition coefficient (Wildman–Crippen LogP) is 8.60. The van der Waals surface area contributed by atoms with E-state index in [2.05, 4.69) is 29.2 Å². The van der Waals surface area contributed by atoms with Crippen LogP contribution < -0.4 is 22.5 Å². The van der Waals surface area contributed by atoms with Gasteiger partial charge in [-0.1, -0.05) is 173 Å². The second-order valence-electron chi connectivity index (χ2n) is 17.6. The third-order valence-electron chi connectivity index (χ3n) is 11.6. The lowest BCUT2D eigenvalue weighted by molar-refractivity contribution is -0.157. The molecule has 0 bridgehead atoms. The quantitative estimate of drug-likeness (QED) is 0.0112. The molecule has 15 nitrogen and oxygen atoms in total. The van der Waals surface area contributed by atoms with Crippen LogP contribution in [-0.4, -0.2) is 107 Å². The summed E-state index contributed by atoms with van der Waals surface area (Å²) in [6.07, 6.45) is 32.4. The van der Waals surface area contributed by atoms with Crippen LogP contribution >= 0.6 is 23.5 Å². The maximum absolute atomic E-state index is 13.2. The highest BCUT2D eigenvalue weighted by Crippen LogP contribution is 2.28. The molecule has 0 aliphatic carbocycles. The van der Waals surface area contributed by atoms with E-state index < -0.39 is 46.3 Å². The number of hydrogen-bond donors (Lipinski definition) is 4. The lowest BCUT2D eigenvalue weighted by atomic mass is 10.0. The molecule has 0 aromatic heterocycles. The van der Waals surface area contributed by atoms with E-state index >= 15 is 0 Å². The van der Waals surface area contributed by atoms with Crippen LogP contribution in [0.5, 0.6) is 0 Å². The van der Waals surface area contributed by atoms with Gasteiger partial charge in [-0.2, -0.15) is 11.8 Å². The van der Waals surface area contributed by atoms with Gasteiger partial charge in [0.2, 0.25) is 17.7 Å². The van der Waals surface area contributed by atoms with Crippen molar-refractivity contribution in [2.45, 2.75) is 229 Å². The first-order valence-electron chi connectivity index (χ1n) is 25.6. The first-order chi connectivity index (χ1) is 32.0. The van der Waals surface area contributed by atoms with Crippen LogP contribution in [0.2, 0.25) is 0 Å². The number of oxime groups is 1. The number of Topliss-reactive ketones (excluding diaryl/α,β-unsaturated/α-hetero) is 1. The van der Waals surface area contributed by atoms with Gasteiger partial charge >= 0.3 is 11.9 Å². The van der Waals surface area contributed by atoms with Gasteiger partial charge in [0.15, 0.2) is 12.5 Å². The minimum absolute atomic E-state index is 0.0822. The number of carbonyl (C=O) groups excluding carboxylic acids is 6. The van der Waals surface area contributed by atoms with Gasteiger partial charge in [-0.15, -0.1) is 11.8 Å². The number of hydrogen-bond acceptors (Lipinski definition) is 15. The Hall–Kier alpha value is -2.73. The van der Waals surface area contributed by atoms with Crippen molar-refractivity contribution in [2.75, 3.05) is 37.9 Å². The summed E-state index contributed by atoms with van der Waals surface area (Å²) in [4.78, 5) is 82.2.